The third-order valence-electron chi connectivity index (χ3n) is 4.30. The van der Waals surface area contributed by atoms with E-state index in [1.165, 1.54) is 6.42 Å². The van der Waals surface area contributed by atoms with Gasteiger partial charge in [-0.15, -0.1) is 0 Å². The fraction of sp³-hybridized carbons (Fsp3) is 0.529. The molecule has 124 valence electrons. The van der Waals surface area contributed by atoms with Crippen molar-refractivity contribution in [1.82, 2.24) is 0 Å². The van der Waals surface area contributed by atoms with E-state index in [1.807, 2.05) is 0 Å². The molecule has 0 aromatic heterocycles. The van der Waals surface area contributed by atoms with Crippen LogP contribution in [-0.4, -0.2) is 17.0 Å². The monoisotopic (exact) mass is 318 g/mol. The highest BCUT2D eigenvalue weighted by molar-refractivity contribution is 5.92. The number of hydrogen-bond donors (Lipinski definition) is 2. The number of hydrogen-bond acceptors (Lipinski definition) is 4. The van der Waals surface area contributed by atoms with Crippen LogP contribution >= 0.6 is 0 Å². The van der Waals surface area contributed by atoms with E-state index in [9.17, 15) is 14.5 Å². The zero-order chi connectivity index (χ0) is 16.7. The summed E-state index contributed by atoms with van der Waals surface area (Å²) in [6.45, 7) is 0. The molecule has 1 fully saturated rings. The van der Waals surface area contributed by atoms with Crippen LogP contribution in [0.1, 0.15) is 56.6 Å². The standard InChI is InChI=1S/C17H22N2O4/c20-16(21)11-10-15(19-23)12-6-8-14(9-7-12)18-17(22)13-4-2-1-3-5-13/h6-9,13,15H,1-5,10-11H2,(H,18,22)(H,20,21). The maximum Gasteiger partial charge on any atom is 0.303 e. The van der Waals surface area contributed by atoms with Crippen LogP contribution in [0.15, 0.2) is 29.4 Å². The third kappa shape index (κ3) is 5.16. The molecule has 1 atom stereocenters. The molecule has 1 aliphatic carbocycles. The number of amides is 1. The van der Waals surface area contributed by atoms with Crippen molar-refractivity contribution in [3.63, 3.8) is 0 Å². The summed E-state index contributed by atoms with van der Waals surface area (Å²) in [5.41, 5.74) is 1.35. The number of carbonyl (C=O) groups excluding carboxylic acids is 1. The highest BCUT2D eigenvalue weighted by Gasteiger charge is 2.21. The molecule has 6 nitrogen and oxygen atoms in total. The summed E-state index contributed by atoms with van der Waals surface area (Å²) in [6, 6.07) is 6.22. The van der Waals surface area contributed by atoms with Gasteiger partial charge in [0.2, 0.25) is 5.91 Å². The maximum absolute atomic E-state index is 12.2. The number of aliphatic carboxylic acids is 1. The molecule has 0 heterocycles. The lowest BCUT2D eigenvalue weighted by Crippen LogP contribution is -2.24. The van der Waals surface area contributed by atoms with Crippen molar-refractivity contribution < 1.29 is 14.7 Å². The number of rotatable bonds is 7. The summed E-state index contributed by atoms with van der Waals surface area (Å²) < 4.78 is 0. The Balaban J connectivity index is 1.93. The molecule has 0 aliphatic heterocycles. The van der Waals surface area contributed by atoms with Gasteiger partial charge >= 0.3 is 5.97 Å². The minimum absolute atomic E-state index is 0.0494. The molecule has 0 spiro atoms. The Morgan fingerprint density at radius 1 is 1.17 bits per heavy atom. The molecule has 0 saturated heterocycles. The quantitative estimate of drug-likeness (QED) is 0.746. The lowest BCUT2D eigenvalue weighted by molar-refractivity contribution is -0.137. The Morgan fingerprint density at radius 3 is 2.39 bits per heavy atom. The van der Waals surface area contributed by atoms with Gasteiger partial charge in [0.1, 0.15) is 6.04 Å². The van der Waals surface area contributed by atoms with E-state index in [0.717, 1.165) is 25.7 Å². The predicted molar refractivity (Wildman–Crippen MR) is 87.1 cm³/mol. The number of nitrogens with one attached hydrogen (secondary N) is 1. The molecule has 2 N–H and O–H groups in total. The largest absolute Gasteiger partial charge is 0.481 e. The molecular formula is C17H22N2O4. The van der Waals surface area contributed by atoms with Crippen LogP contribution in [-0.2, 0) is 9.59 Å². The third-order valence-corrected chi connectivity index (χ3v) is 4.30. The Hall–Kier alpha value is -2.24. The van der Waals surface area contributed by atoms with Crippen LogP contribution in [0.4, 0.5) is 5.69 Å². The average Bonchev–Trinajstić information content (AvgIpc) is 2.57. The molecule has 1 amide bonds. The topological polar surface area (TPSA) is 95.8 Å². The van der Waals surface area contributed by atoms with E-state index in [0.29, 0.717) is 11.3 Å². The second kappa shape index (κ2) is 8.41. The van der Waals surface area contributed by atoms with Crippen molar-refractivity contribution in [3.05, 3.63) is 34.7 Å². The molecule has 0 bridgehead atoms. The average molecular weight is 318 g/mol. The van der Waals surface area contributed by atoms with Gasteiger partial charge < -0.3 is 10.4 Å². The van der Waals surface area contributed by atoms with Crippen LogP contribution < -0.4 is 5.32 Å². The van der Waals surface area contributed by atoms with Crippen molar-refractivity contribution in [3.8, 4) is 0 Å². The van der Waals surface area contributed by atoms with Gasteiger partial charge in [0.25, 0.3) is 0 Å². The first kappa shape index (κ1) is 17.1. The maximum atomic E-state index is 12.2. The molecule has 1 aromatic rings. The van der Waals surface area contributed by atoms with Crippen molar-refractivity contribution >= 4 is 17.6 Å². The number of carboxylic acid groups (broad SMARTS) is 1. The van der Waals surface area contributed by atoms with Gasteiger partial charge in [0, 0.05) is 18.0 Å². The summed E-state index contributed by atoms with van der Waals surface area (Å²) in [6.07, 6.45) is 5.37. The first-order chi connectivity index (χ1) is 11.1. The molecule has 2 rings (SSSR count). The van der Waals surface area contributed by atoms with Gasteiger partial charge in [0.15, 0.2) is 0 Å². The molecule has 1 aromatic carbocycles. The molecule has 1 aliphatic rings. The van der Waals surface area contributed by atoms with Gasteiger partial charge in [-0.3, -0.25) is 9.59 Å². The molecule has 1 unspecified atom stereocenters. The SMILES string of the molecule is O=NC(CCC(=O)O)c1ccc(NC(=O)C2CCCCC2)cc1. The van der Waals surface area contributed by atoms with Gasteiger partial charge in [-0.2, -0.15) is 4.91 Å². The number of anilines is 1. The van der Waals surface area contributed by atoms with E-state index in [2.05, 4.69) is 10.5 Å². The minimum atomic E-state index is -0.949. The molecule has 1 saturated carbocycles. The van der Waals surface area contributed by atoms with Crippen LogP contribution in [0.25, 0.3) is 0 Å². The summed E-state index contributed by atoms with van der Waals surface area (Å²) in [4.78, 5) is 33.6. The zero-order valence-corrected chi connectivity index (χ0v) is 13.0. The van der Waals surface area contributed by atoms with Gasteiger partial charge in [0.05, 0.1) is 0 Å². The Morgan fingerprint density at radius 2 is 1.83 bits per heavy atom. The van der Waals surface area contributed by atoms with Crippen molar-refractivity contribution in [2.75, 3.05) is 5.32 Å². The van der Waals surface area contributed by atoms with E-state index >= 15 is 0 Å². The number of nitroso groups, excluding NO2 is 1. The summed E-state index contributed by atoms with van der Waals surface area (Å²) in [5.74, 6) is -0.813. The number of carboxylic acids is 1. The van der Waals surface area contributed by atoms with Crippen LogP contribution in [0.3, 0.4) is 0 Å². The van der Waals surface area contributed by atoms with E-state index < -0.39 is 12.0 Å². The normalized spacial score (nSPS) is 16.5. The second-order valence-corrected chi connectivity index (χ2v) is 6.00. The van der Waals surface area contributed by atoms with Crippen molar-refractivity contribution in [2.45, 2.75) is 51.0 Å². The first-order valence-electron chi connectivity index (χ1n) is 8.05. The summed E-state index contributed by atoms with van der Waals surface area (Å²) >= 11 is 0. The van der Waals surface area contributed by atoms with Gasteiger partial charge in [-0.05, 0) is 37.0 Å². The number of nitrogens with zero attached hydrogens (tertiary/aromatic N) is 1. The highest BCUT2D eigenvalue weighted by atomic mass is 16.4. The van der Waals surface area contributed by atoms with Gasteiger partial charge in [-0.25, -0.2) is 0 Å². The van der Waals surface area contributed by atoms with Crippen molar-refractivity contribution in [2.24, 2.45) is 11.1 Å². The molecule has 23 heavy (non-hydrogen) atoms. The van der Waals surface area contributed by atoms with Crippen LogP contribution in [0, 0.1) is 10.8 Å². The first-order valence-corrected chi connectivity index (χ1v) is 8.05. The lowest BCUT2D eigenvalue weighted by atomic mass is 9.88. The lowest BCUT2D eigenvalue weighted by Gasteiger charge is -2.20. The van der Waals surface area contributed by atoms with E-state index in [4.69, 9.17) is 5.11 Å². The smallest absolute Gasteiger partial charge is 0.303 e. The van der Waals surface area contributed by atoms with Crippen LogP contribution in [0.5, 0.6) is 0 Å². The number of carbonyl (C=O) groups is 2. The molecular weight excluding hydrogens is 296 g/mol. The van der Waals surface area contributed by atoms with Crippen molar-refractivity contribution in [1.29, 1.82) is 0 Å². The van der Waals surface area contributed by atoms with Crippen LogP contribution in [0.2, 0.25) is 0 Å². The summed E-state index contributed by atoms with van der Waals surface area (Å²) in [5, 5.41) is 14.6. The zero-order valence-electron chi connectivity index (χ0n) is 13.0. The number of benzene rings is 1. The fourth-order valence-corrected chi connectivity index (χ4v) is 2.94. The second-order valence-electron chi connectivity index (χ2n) is 6.00. The van der Waals surface area contributed by atoms with E-state index in [-0.39, 0.29) is 24.7 Å². The Labute approximate surface area is 135 Å². The fourth-order valence-electron chi connectivity index (χ4n) is 2.94. The minimum Gasteiger partial charge on any atom is -0.481 e. The predicted octanol–water partition coefficient (Wildman–Crippen LogP) is 3.88. The van der Waals surface area contributed by atoms with Gasteiger partial charge in [-0.1, -0.05) is 36.6 Å². The summed E-state index contributed by atoms with van der Waals surface area (Å²) in [7, 11) is 0. The molecule has 6 heteroatoms. The van der Waals surface area contributed by atoms with E-state index in [1.54, 1.807) is 24.3 Å². The Kier molecular flexibility index (Phi) is 6.26. The highest BCUT2D eigenvalue weighted by Crippen LogP contribution is 2.26. The Bertz CT molecular complexity index is 550. The molecule has 0 radical (unpaired) electrons.